The van der Waals surface area contributed by atoms with Crippen LogP contribution in [0.1, 0.15) is 32.3 Å². The Kier molecular flexibility index (Phi) is 7.99. The average Bonchev–Trinajstić information content (AvgIpc) is 2.94. The molecule has 1 aromatic carbocycles. The molecule has 2 rings (SSSR count). The van der Waals surface area contributed by atoms with Crippen LogP contribution in [-0.2, 0) is 6.42 Å². The lowest BCUT2D eigenvalue weighted by atomic mass is 10.2. The highest BCUT2D eigenvalue weighted by Crippen LogP contribution is 2.13. The van der Waals surface area contributed by atoms with Crippen LogP contribution >= 0.6 is 0 Å². The van der Waals surface area contributed by atoms with Crippen LogP contribution in [0.4, 0.5) is 0 Å². The molecule has 1 aliphatic rings. The van der Waals surface area contributed by atoms with Gasteiger partial charge in [-0.25, -0.2) is 0 Å². The first kappa shape index (κ1) is 15.8. The quantitative estimate of drug-likeness (QED) is 0.745. The van der Waals surface area contributed by atoms with Gasteiger partial charge in [0.05, 0.1) is 0 Å². The van der Waals surface area contributed by atoms with Crippen LogP contribution in [0.5, 0.6) is 5.75 Å². The molecule has 1 aliphatic heterocycles. The summed E-state index contributed by atoms with van der Waals surface area (Å²) < 4.78 is 5.73. The van der Waals surface area contributed by atoms with Crippen molar-refractivity contribution in [2.45, 2.75) is 33.1 Å². The number of hydrogen-bond donors (Lipinski definition) is 0. The summed E-state index contributed by atoms with van der Waals surface area (Å²) in [7, 11) is 0. The molecule has 0 unspecified atom stereocenters. The standard InChI is InChI=1S/C14H21NO.C3H6/c1-2-13-5-7-14(8-6-13)16-12-11-15-9-3-4-10-15;1-3-2/h5-8H,2-4,9-12H2,1H3;3H,1H2,2H3. The molecule has 0 saturated carbocycles. The van der Waals surface area contributed by atoms with Crippen molar-refractivity contribution < 1.29 is 4.74 Å². The molecule has 0 spiro atoms. The van der Waals surface area contributed by atoms with Crippen molar-refractivity contribution in [1.29, 1.82) is 0 Å². The monoisotopic (exact) mass is 261 g/mol. The predicted molar refractivity (Wildman–Crippen MR) is 82.9 cm³/mol. The van der Waals surface area contributed by atoms with E-state index in [1.54, 1.807) is 6.08 Å². The molecule has 2 heteroatoms. The van der Waals surface area contributed by atoms with Gasteiger partial charge in [-0.3, -0.25) is 4.90 Å². The largest absolute Gasteiger partial charge is 0.492 e. The van der Waals surface area contributed by atoms with Gasteiger partial charge in [0, 0.05) is 6.54 Å². The topological polar surface area (TPSA) is 12.5 Å². The van der Waals surface area contributed by atoms with E-state index in [1.165, 1.54) is 31.5 Å². The summed E-state index contributed by atoms with van der Waals surface area (Å²) >= 11 is 0. The number of allylic oxidation sites excluding steroid dienone is 1. The number of likely N-dealkylation sites (tertiary alicyclic amines) is 1. The molecule has 1 heterocycles. The lowest BCUT2D eigenvalue weighted by molar-refractivity contribution is 0.238. The molecule has 2 nitrogen and oxygen atoms in total. The number of nitrogens with zero attached hydrogens (tertiary/aromatic N) is 1. The Morgan fingerprint density at radius 1 is 1.21 bits per heavy atom. The molecular weight excluding hydrogens is 234 g/mol. The molecule has 106 valence electrons. The average molecular weight is 261 g/mol. The number of rotatable bonds is 5. The van der Waals surface area contributed by atoms with Gasteiger partial charge in [0.15, 0.2) is 0 Å². The molecule has 1 saturated heterocycles. The third kappa shape index (κ3) is 6.44. The van der Waals surface area contributed by atoms with Gasteiger partial charge < -0.3 is 4.74 Å². The van der Waals surface area contributed by atoms with Crippen molar-refractivity contribution in [1.82, 2.24) is 4.90 Å². The van der Waals surface area contributed by atoms with Crippen molar-refractivity contribution in [3.8, 4) is 5.75 Å². The van der Waals surface area contributed by atoms with Crippen LogP contribution in [0, 0.1) is 0 Å². The number of ether oxygens (including phenoxy) is 1. The van der Waals surface area contributed by atoms with Gasteiger partial charge in [0.2, 0.25) is 0 Å². The van der Waals surface area contributed by atoms with Crippen molar-refractivity contribution in [2.75, 3.05) is 26.2 Å². The molecule has 19 heavy (non-hydrogen) atoms. The van der Waals surface area contributed by atoms with Crippen LogP contribution < -0.4 is 4.74 Å². The minimum Gasteiger partial charge on any atom is -0.492 e. The van der Waals surface area contributed by atoms with Crippen molar-refractivity contribution in [2.24, 2.45) is 0 Å². The van der Waals surface area contributed by atoms with Gasteiger partial charge in [0.1, 0.15) is 12.4 Å². The summed E-state index contributed by atoms with van der Waals surface area (Å²) in [6.07, 6.45) is 5.55. The van der Waals surface area contributed by atoms with E-state index in [0.29, 0.717) is 0 Å². The summed E-state index contributed by atoms with van der Waals surface area (Å²) in [5.74, 6) is 0.997. The zero-order valence-electron chi connectivity index (χ0n) is 12.4. The smallest absolute Gasteiger partial charge is 0.119 e. The first-order valence-corrected chi connectivity index (χ1v) is 7.31. The van der Waals surface area contributed by atoms with Crippen LogP contribution in [0.15, 0.2) is 36.9 Å². The Bertz CT molecular complexity index is 339. The van der Waals surface area contributed by atoms with Crippen molar-refractivity contribution in [3.63, 3.8) is 0 Å². The van der Waals surface area contributed by atoms with E-state index in [-0.39, 0.29) is 0 Å². The Labute approximate surface area is 118 Å². The summed E-state index contributed by atoms with van der Waals surface area (Å²) in [6, 6.07) is 8.43. The zero-order chi connectivity index (χ0) is 13.9. The van der Waals surface area contributed by atoms with E-state index in [1.807, 2.05) is 6.92 Å². The molecule has 0 amide bonds. The van der Waals surface area contributed by atoms with Crippen molar-refractivity contribution >= 4 is 0 Å². The predicted octanol–water partition coefficient (Wildman–Crippen LogP) is 3.92. The fourth-order valence-corrected chi connectivity index (χ4v) is 2.12. The summed E-state index contributed by atoms with van der Waals surface area (Å²) in [6.45, 7) is 11.8. The van der Waals surface area contributed by atoms with E-state index in [0.717, 1.165) is 25.3 Å². The third-order valence-electron chi connectivity index (χ3n) is 3.21. The van der Waals surface area contributed by atoms with Gasteiger partial charge in [-0.2, -0.15) is 0 Å². The molecule has 0 bridgehead atoms. The second kappa shape index (κ2) is 9.62. The molecule has 0 aliphatic carbocycles. The lowest BCUT2D eigenvalue weighted by Crippen LogP contribution is -2.25. The SMILES string of the molecule is C=CC.CCc1ccc(OCCN2CCCC2)cc1. The van der Waals surface area contributed by atoms with E-state index < -0.39 is 0 Å². The Morgan fingerprint density at radius 3 is 2.32 bits per heavy atom. The summed E-state index contributed by atoms with van der Waals surface area (Å²) in [5, 5.41) is 0. The molecule has 0 aromatic heterocycles. The van der Waals surface area contributed by atoms with E-state index in [9.17, 15) is 0 Å². The second-order valence-corrected chi connectivity index (χ2v) is 4.80. The van der Waals surface area contributed by atoms with Crippen LogP contribution in [0.2, 0.25) is 0 Å². The number of aryl methyl sites for hydroxylation is 1. The molecular formula is C17H27NO. The molecule has 1 fully saturated rings. The lowest BCUT2D eigenvalue weighted by Gasteiger charge is -2.14. The highest BCUT2D eigenvalue weighted by atomic mass is 16.5. The fourth-order valence-electron chi connectivity index (χ4n) is 2.12. The van der Waals surface area contributed by atoms with Gasteiger partial charge in [-0.15, -0.1) is 6.58 Å². The maximum Gasteiger partial charge on any atom is 0.119 e. The van der Waals surface area contributed by atoms with Crippen LogP contribution in [0.25, 0.3) is 0 Å². The maximum atomic E-state index is 5.73. The number of benzene rings is 1. The number of hydrogen-bond acceptors (Lipinski definition) is 2. The van der Waals surface area contributed by atoms with Gasteiger partial charge in [0.25, 0.3) is 0 Å². The Morgan fingerprint density at radius 2 is 1.79 bits per heavy atom. The van der Waals surface area contributed by atoms with Crippen LogP contribution in [-0.4, -0.2) is 31.1 Å². The maximum absolute atomic E-state index is 5.73. The second-order valence-electron chi connectivity index (χ2n) is 4.80. The molecule has 0 N–H and O–H groups in total. The minimum absolute atomic E-state index is 0.811. The highest BCUT2D eigenvalue weighted by Gasteiger charge is 2.10. The molecule has 0 radical (unpaired) electrons. The Balaban J connectivity index is 0.000000550. The third-order valence-corrected chi connectivity index (χ3v) is 3.21. The molecule has 0 atom stereocenters. The first-order valence-electron chi connectivity index (χ1n) is 7.31. The normalized spacial score (nSPS) is 14.6. The Hall–Kier alpha value is -1.28. The van der Waals surface area contributed by atoms with E-state index in [4.69, 9.17) is 4.74 Å². The van der Waals surface area contributed by atoms with Gasteiger partial charge >= 0.3 is 0 Å². The highest BCUT2D eigenvalue weighted by molar-refractivity contribution is 5.27. The summed E-state index contributed by atoms with van der Waals surface area (Å²) in [4.78, 5) is 2.47. The zero-order valence-corrected chi connectivity index (χ0v) is 12.4. The first-order chi connectivity index (χ1) is 9.30. The van der Waals surface area contributed by atoms with E-state index in [2.05, 4.69) is 42.7 Å². The van der Waals surface area contributed by atoms with E-state index >= 15 is 0 Å². The van der Waals surface area contributed by atoms with Gasteiger partial charge in [-0.05, 0) is 57.0 Å². The fraction of sp³-hybridized carbons (Fsp3) is 0.529. The summed E-state index contributed by atoms with van der Waals surface area (Å²) in [5.41, 5.74) is 1.37. The van der Waals surface area contributed by atoms with Crippen LogP contribution in [0.3, 0.4) is 0 Å². The van der Waals surface area contributed by atoms with Crippen molar-refractivity contribution in [3.05, 3.63) is 42.5 Å². The molecule has 1 aromatic rings. The van der Waals surface area contributed by atoms with Gasteiger partial charge in [-0.1, -0.05) is 25.1 Å². The minimum atomic E-state index is 0.811.